The predicted molar refractivity (Wildman–Crippen MR) is 145 cm³/mol. The number of nitrogens with two attached hydrogens (primary N) is 1. The van der Waals surface area contributed by atoms with E-state index in [1.807, 2.05) is 30.3 Å². The van der Waals surface area contributed by atoms with E-state index >= 15 is 0 Å². The fraction of sp³-hybridized carbons (Fsp3) is 0.241. The minimum absolute atomic E-state index is 0.0854. The number of oxime groups is 1. The van der Waals surface area contributed by atoms with E-state index in [0.29, 0.717) is 18.8 Å². The van der Waals surface area contributed by atoms with E-state index in [1.165, 1.54) is 10.4 Å². The molecule has 186 valence electrons. The van der Waals surface area contributed by atoms with Gasteiger partial charge in [0.05, 0.1) is 23.9 Å². The molecule has 1 heterocycles. The summed E-state index contributed by atoms with van der Waals surface area (Å²) in [6.45, 7) is 3.37. The summed E-state index contributed by atoms with van der Waals surface area (Å²) in [6, 6.07) is 25.9. The zero-order chi connectivity index (χ0) is 25.2. The van der Waals surface area contributed by atoms with Crippen LogP contribution in [0.25, 0.3) is 11.3 Å². The van der Waals surface area contributed by atoms with Gasteiger partial charge in [-0.1, -0.05) is 35.5 Å². The topological polar surface area (TPSA) is 90.0 Å². The number of benzene rings is 3. The van der Waals surface area contributed by atoms with Crippen LogP contribution in [0.3, 0.4) is 0 Å². The second kappa shape index (κ2) is 12.7. The van der Waals surface area contributed by atoms with Gasteiger partial charge in [-0.3, -0.25) is 0 Å². The van der Waals surface area contributed by atoms with Crippen LogP contribution in [0.1, 0.15) is 40.3 Å². The van der Waals surface area contributed by atoms with Crippen molar-refractivity contribution in [2.75, 3.05) is 13.2 Å². The molecule has 0 saturated carbocycles. The molecule has 6 nitrogen and oxygen atoms in total. The van der Waals surface area contributed by atoms with Crippen LogP contribution in [0.15, 0.2) is 84.0 Å². The first-order valence-corrected chi connectivity index (χ1v) is 12.9. The van der Waals surface area contributed by atoms with Crippen LogP contribution >= 0.6 is 11.3 Å². The SMILES string of the molecule is Cc1nc(-c2ccc(OCCCCCOc3ccc(C(N)=NO)cc3)cc2)c(Cc2ccccc2)s1. The second-order valence-corrected chi connectivity index (χ2v) is 9.75. The molecule has 0 aliphatic heterocycles. The van der Waals surface area contributed by atoms with Crippen molar-refractivity contribution in [3.8, 4) is 22.8 Å². The van der Waals surface area contributed by atoms with Crippen LogP contribution in [-0.2, 0) is 6.42 Å². The van der Waals surface area contributed by atoms with Crippen molar-refractivity contribution < 1.29 is 14.7 Å². The summed E-state index contributed by atoms with van der Waals surface area (Å²) in [5.74, 6) is 1.72. The largest absolute Gasteiger partial charge is 0.494 e. The Kier molecular flexibility index (Phi) is 8.94. The number of rotatable bonds is 12. The number of nitrogens with zero attached hydrogens (tertiary/aromatic N) is 2. The van der Waals surface area contributed by atoms with Gasteiger partial charge >= 0.3 is 0 Å². The second-order valence-electron chi connectivity index (χ2n) is 8.46. The first-order chi connectivity index (χ1) is 17.6. The first-order valence-electron chi connectivity index (χ1n) is 12.1. The molecule has 3 aromatic carbocycles. The molecule has 0 unspecified atom stereocenters. The zero-order valence-corrected chi connectivity index (χ0v) is 21.2. The average molecular weight is 502 g/mol. The number of aryl methyl sites for hydroxylation is 1. The summed E-state index contributed by atoms with van der Waals surface area (Å²) in [5.41, 5.74) is 9.70. The van der Waals surface area contributed by atoms with Gasteiger partial charge in [-0.05, 0) is 80.3 Å². The van der Waals surface area contributed by atoms with E-state index in [0.717, 1.165) is 53.4 Å². The fourth-order valence-corrected chi connectivity index (χ4v) is 4.84. The number of hydrogen-bond acceptors (Lipinski definition) is 6. The highest BCUT2D eigenvalue weighted by molar-refractivity contribution is 7.12. The lowest BCUT2D eigenvalue weighted by Crippen LogP contribution is -2.12. The van der Waals surface area contributed by atoms with E-state index in [9.17, 15) is 0 Å². The van der Waals surface area contributed by atoms with Crippen molar-refractivity contribution in [2.24, 2.45) is 10.9 Å². The van der Waals surface area contributed by atoms with Crippen molar-refractivity contribution in [1.82, 2.24) is 4.98 Å². The molecule has 4 rings (SSSR count). The third-order valence-electron chi connectivity index (χ3n) is 5.72. The molecule has 0 fully saturated rings. The minimum Gasteiger partial charge on any atom is -0.494 e. The van der Waals surface area contributed by atoms with Crippen molar-refractivity contribution in [3.63, 3.8) is 0 Å². The smallest absolute Gasteiger partial charge is 0.170 e. The van der Waals surface area contributed by atoms with Gasteiger partial charge in [-0.15, -0.1) is 11.3 Å². The molecule has 0 radical (unpaired) electrons. The molecule has 0 atom stereocenters. The predicted octanol–water partition coefficient (Wildman–Crippen LogP) is 6.43. The maximum Gasteiger partial charge on any atom is 0.170 e. The van der Waals surface area contributed by atoms with E-state index < -0.39 is 0 Å². The zero-order valence-electron chi connectivity index (χ0n) is 20.4. The van der Waals surface area contributed by atoms with Crippen LogP contribution < -0.4 is 15.2 Å². The summed E-state index contributed by atoms with van der Waals surface area (Å²) >= 11 is 1.76. The number of ether oxygens (including phenoxy) is 2. The Labute approximate surface area is 216 Å². The van der Waals surface area contributed by atoms with Gasteiger partial charge in [-0.2, -0.15) is 0 Å². The van der Waals surface area contributed by atoms with Gasteiger partial charge in [0.15, 0.2) is 5.84 Å². The quantitative estimate of drug-likeness (QED) is 0.0767. The maximum absolute atomic E-state index is 8.71. The van der Waals surface area contributed by atoms with Crippen molar-refractivity contribution >= 4 is 17.2 Å². The third kappa shape index (κ3) is 7.09. The highest BCUT2D eigenvalue weighted by atomic mass is 32.1. The number of thiazole rings is 1. The minimum atomic E-state index is 0.0854. The molecule has 0 aliphatic carbocycles. The van der Waals surface area contributed by atoms with Gasteiger partial charge in [0.2, 0.25) is 0 Å². The molecular formula is C29H31N3O3S. The molecule has 0 aliphatic rings. The Morgan fingerprint density at radius 1 is 0.861 bits per heavy atom. The van der Waals surface area contributed by atoms with Crippen LogP contribution in [0.5, 0.6) is 11.5 Å². The van der Waals surface area contributed by atoms with Crippen LogP contribution in [-0.4, -0.2) is 29.2 Å². The standard InChI is InChI=1S/C29H31N3O3S/c1-21-31-28(27(36-21)20-22-8-4-2-5-9-22)23-10-14-25(15-11-23)34-18-6-3-7-19-35-26-16-12-24(13-17-26)29(30)32-33/h2,4-5,8-17,33H,3,6-7,18-20H2,1H3,(H2,30,32). The molecule has 0 bridgehead atoms. The summed E-state index contributed by atoms with van der Waals surface area (Å²) < 4.78 is 11.7. The lowest BCUT2D eigenvalue weighted by Gasteiger charge is -2.09. The molecule has 0 saturated heterocycles. The molecular weight excluding hydrogens is 470 g/mol. The Balaban J connectivity index is 1.18. The first kappa shape index (κ1) is 25.3. The Hall–Kier alpha value is -3.84. The van der Waals surface area contributed by atoms with E-state index in [-0.39, 0.29) is 5.84 Å². The monoisotopic (exact) mass is 501 g/mol. The van der Waals surface area contributed by atoms with Gasteiger partial charge < -0.3 is 20.4 Å². The summed E-state index contributed by atoms with van der Waals surface area (Å²) in [6.07, 6.45) is 3.81. The fourth-order valence-electron chi connectivity index (χ4n) is 3.85. The van der Waals surface area contributed by atoms with Gasteiger partial charge in [0, 0.05) is 22.4 Å². The van der Waals surface area contributed by atoms with E-state index in [1.54, 1.807) is 23.5 Å². The molecule has 1 aromatic heterocycles. The van der Waals surface area contributed by atoms with Gasteiger partial charge in [0.1, 0.15) is 11.5 Å². The Morgan fingerprint density at radius 3 is 2.08 bits per heavy atom. The van der Waals surface area contributed by atoms with E-state index in [2.05, 4.69) is 48.5 Å². The van der Waals surface area contributed by atoms with Crippen LogP contribution in [0.2, 0.25) is 0 Å². The van der Waals surface area contributed by atoms with Crippen molar-refractivity contribution in [2.45, 2.75) is 32.6 Å². The molecule has 0 spiro atoms. The molecule has 3 N–H and O–H groups in total. The van der Waals surface area contributed by atoms with Gasteiger partial charge in [-0.25, -0.2) is 4.98 Å². The Morgan fingerprint density at radius 2 is 1.47 bits per heavy atom. The summed E-state index contributed by atoms with van der Waals surface area (Å²) in [4.78, 5) is 6.08. The van der Waals surface area contributed by atoms with E-state index in [4.69, 9.17) is 25.4 Å². The summed E-state index contributed by atoms with van der Waals surface area (Å²) in [7, 11) is 0. The maximum atomic E-state index is 8.71. The highest BCUT2D eigenvalue weighted by Gasteiger charge is 2.12. The van der Waals surface area contributed by atoms with Crippen LogP contribution in [0, 0.1) is 6.92 Å². The number of aromatic nitrogens is 1. The van der Waals surface area contributed by atoms with Gasteiger partial charge in [0.25, 0.3) is 0 Å². The highest BCUT2D eigenvalue weighted by Crippen LogP contribution is 2.31. The molecule has 7 heteroatoms. The van der Waals surface area contributed by atoms with Crippen molar-refractivity contribution in [1.29, 1.82) is 0 Å². The van der Waals surface area contributed by atoms with Crippen LogP contribution in [0.4, 0.5) is 0 Å². The molecule has 36 heavy (non-hydrogen) atoms. The normalized spacial score (nSPS) is 11.4. The van der Waals surface area contributed by atoms with Crippen molar-refractivity contribution in [3.05, 3.63) is 99.9 Å². The number of hydrogen-bond donors (Lipinski definition) is 2. The summed E-state index contributed by atoms with van der Waals surface area (Å²) in [5, 5.41) is 12.8. The number of amidine groups is 1. The Bertz CT molecular complexity index is 1250. The molecule has 4 aromatic rings. The lowest BCUT2D eigenvalue weighted by molar-refractivity contribution is 0.279. The average Bonchev–Trinajstić information content (AvgIpc) is 3.28. The lowest BCUT2D eigenvalue weighted by atomic mass is 10.1. The number of unbranched alkanes of at least 4 members (excludes halogenated alkanes) is 2. The molecule has 0 amide bonds. The third-order valence-corrected chi connectivity index (χ3v) is 6.69.